The fourth-order valence-electron chi connectivity index (χ4n) is 5.51. The van der Waals surface area contributed by atoms with Crippen molar-refractivity contribution in [3.05, 3.63) is 0 Å². The monoisotopic (exact) mass is 540 g/mol. The molecule has 0 aliphatic carbocycles. The summed E-state index contributed by atoms with van der Waals surface area (Å²) >= 11 is 4.28. The number of hydrogen-bond acceptors (Lipinski definition) is 2. The number of hydrogen-bond donors (Lipinski definition) is 2. The zero-order valence-electron chi connectivity index (χ0n) is 25.1. The lowest BCUT2D eigenvalue weighted by atomic mass is 10.0. The minimum absolute atomic E-state index is 0.346. The molecule has 0 saturated carbocycles. The van der Waals surface area contributed by atoms with E-state index in [2.05, 4.69) is 12.6 Å². The van der Waals surface area contributed by atoms with E-state index in [0.717, 1.165) is 18.6 Å². The van der Waals surface area contributed by atoms with Gasteiger partial charge in [-0.25, -0.2) is 0 Å². The first-order chi connectivity index (χ1) is 18.3. The molecule has 37 heavy (non-hydrogen) atoms. The maximum absolute atomic E-state index is 10.5. The van der Waals surface area contributed by atoms with E-state index in [4.69, 9.17) is 5.11 Å². The van der Waals surface area contributed by atoms with Crippen LogP contribution >= 0.6 is 12.6 Å². The number of carboxylic acids is 1. The van der Waals surface area contributed by atoms with Crippen LogP contribution in [0.4, 0.5) is 0 Å². The topological polar surface area (TPSA) is 37.3 Å². The maximum Gasteiger partial charge on any atom is 0.303 e. The Kier molecular flexibility index (Phi) is 33.7. The van der Waals surface area contributed by atoms with Gasteiger partial charge in [-0.15, -0.1) is 0 Å². The Morgan fingerprint density at radius 1 is 0.324 bits per heavy atom. The van der Waals surface area contributed by atoms with Crippen LogP contribution in [0.3, 0.4) is 0 Å². The Morgan fingerprint density at radius 2 is 0.486 bits per heavy atom. The van der Waals surface area contributed by atoms with Crippen molar-refractivity contribution < 1.29 is 9.90 Å². The lowest BCUT2D eigenvalue weighted by Crippen LogP contribution is -1.93. The van der Waals surface area contributed by atoms with Crippen LogP contribution < -0.4 is 0 Å². The highest BCUT2D eigenvalue weighted by atomic mass is 32.1. The quantitative estimate of drug-likeness (QED) is 0.0641. The molecule has 2 nitrogen and oxygen atoms in total. The van der Waals surface area contributed by atoms with Gasteiger partial charge in [-0.05, 0) is 18.6 Å². The van der Waals surface area contributed by atoms with Crippen LogP contribution in [0.15, 0.2) is 0 Å². The SMILES string of the molecule is O=C(O)CCCCCCCCCCCCCCCCCCCCCCCCCCCCCCCCCS. The van der Waals surface area contributed by atoms with E-state index in [9.17, 15) is 4.79 Å². The van der Waals surface area contributed by atoms with Gasteiger partial charge in [-0.3, -0.25) is 4.79 Å². The Hall–Kier alpha value is -0.180. The zero-order chi connectivity index (χ0) is 26.9. The summed E-state index contributed by atoms with van der Waals surface area (Å²) in [5.41, 5.74) is 0. The summed E-state index contributed by atoms with van der Waals surface area (Å²) in [5, 5.41) is 8.62. The van der Waals surface area contributed by atoms with Crippen molar-refractivity contribution in [2.45, 2.75) is 205 Å². The van der Waals surface area contributed by atoms with Crippen molar-refractivity contribution in [3.63, 3.8) is 0 Å². The van der Waals surface area contributed by atoms with Gasteiger partial charge in [0.2, 0.25) is 0 Å². The molecule has 0 aromatic carbocycles. The fraction of sp³-hybridized carbons (Fsp3) is 0.971. The van der Waals surface area contributed by atoms with E-state index in [1.165, 1.54) is 186 Å². The summed E-state index contributed by atoms with van der Waals surface area (Å²) in [4.78, 5) is 10.5. The molecule has 1 N–H and O–H groups in total. The van der Waals surface area contributed by atoms with Gasteiger partial charge >= 0.3 is 5.97 Å². The van der Waals surface area contributed by atoms with E-state index >= 15 is 0 Å². The van der Waals surface area contributed by atoms with Crippen molar-refractivity contribution in [2.75, 3.05) is 5.75 Å². The van der Waals surface area contributed by atoms with E-state index < -0.39 is 5.97 Å². The van der Waals surface area contributed by atoms with E-state index in [-0.39, 0.29) is 0 Å². The number of unbranched alkanes of at least 4 members (excludes halogenated alkanes) is 30. The second-order valence-corrected chi connectivity index (χ2v) is 12.3. The average Bonchev–Trinajstić information content (AvgIpc) is 2.89. The summed E-state index contributed by atoms with van der Waals surface area (Å²) in [6.07, 6.45) is 43.6. The van der Waals surface area contributed by atoms with Gasteiger partial charge in [0.25, 0.3) is 0 Å². The standard InChI is InChI=1S/C34H68O2S/c35-34(36)32-30-28-26-24-22-20-18-16-14-12-10-8-6-4-2-1-3-5-7-9-11-13-15-17-19-21-23-25-27-29-31-33-37/h37H,1-33H2,(H,35,36). The Labute approximate surface area is 239 Å². The first-order valence-electron chi connectivity index (χ1n) is 17.1. The van der Waals surface area contributed by atoms with Crippen molar-refractivity contribution in [1.29, 1.82) is 0 Å². The average molecular weight is 541 g/mol. The predicted octanol–water partition coefficient (Wildman–Crippen LogP) is 12.5. The Balaban J connectivity index is 3.02. The van der Waals surface area contributed by atoms with E-state index in [1.807, 2.05) is 0 Å². The summed E-state index contributed by atoms with van der Waals surface area (Å²) < 4.78 is 0. The maximum atomic E-state index is 10.5. The fourth-order valence-corrected chi connectivity index (χ4v) is 5.74. The number of carbonyl (C=O) groups is 1. The number of carboxylic acid groups (broad SMARTS) is 1. The highest BCUT2D eigenvalue weighted by molar-refractivity contribution is 7.80. The summed E-state index contributed by atoms with van der Waals surface area (Å²) in [6, 6.07) is 0. The molecule has 0 unspecified atom stereocenters. The normalized spacial score (nSPS) is 11.4. The van der Waals surface area contributed by atoms with Crippen LogP contribution in [-0.2, 0) is 4.79 Å². The molecule has 0 heterocycles. The van der Waals surface area contributed by atoms with Gasteiger partial charge in [-0.1, -0.05) is 186 Å². The highest BCUT2D eigenvalue weighted by Crippen LogP contribution is 2.16. The van der Waals surface area contributed by atoms with Gasteiger partial charge < -0.3 is 5.11 Å². The van der Waals surface area contributed by atoms with Crippen LogP contribution in [0.5, 0.6) is 0 Å². The molecule has 0 spiro atoms. The summed E-state index contributed by atoms with van der Waals surface area (Å²) in [6.45, 7) is 0. The van der Waals surface area contributed by atoms with Gasteiger partial charge in [0.15, 0.2) is 0 Å². The third-order valence-corrected chi connectivity index (χ3v) is 8.36. The second kappa shape index (κ2) is 33.8. The lowest BCUT2D eigenvalue weighted by molar-refractivity contribution is -0.137. The molecule has 0 aromatic heterocycles. The lowest BCUT2D eigenvalue weighted by Gasteiger charge is -2.04. The zero-order valence-corrected chi connectivity index (χ0v) is 26.0. The molecular weight excluding hydrogens is 472 g/mol. The van der Waals surface area contributed by atoms with Crippen LogP contribution in [0, 0.1) is 0 Å². The second-order valence-electron chi connectivity index (χ2n) is 11.8. The molecule has 222 valence electrons. The number of thiol groups is 1. The minimum atomic E-state index is -0.649. The number of aliphatic carboxylic acids is 1. The third kappa shape index (κ3) is 35.8. The van der Waals surface area contributed by atoms with Crippen molar-refractivity contribution >= 4 is 18.6 Å². The van der Waals surface area contributed by atoms with E-state index in [0.29, 0.717) is 6.42 Å². The van der Waals surface area contributed by atoms with Crippen LogP contribution in [0.2, 0.25) is 0 Å². The molecule has 0 aliphatic rings. The molecular formula is C34H68O2S. The van der Waals surface area contributed by atoms with E-state index in [1.54, 1.807) is 0 Å². The van der Waals surface area contributed by atoms with Crippen LogP contribution in [-0.4, -0.2) is 16.8 Å². The van der Waals surface area contributed by atoms with Gasteiger partial charge in [-0.2, -0.15) is 12.6 Å². The van der Waals surface area contributed by atoms with Crippen molar-refractivity contribution in [1.82, 2.24) is 0 Å². The van der Waals surface area contributed by atoms with Crippen LogP contribution in [0.25, 0.3) is 0 Å². The molecule has 0 aromatic rings. The van der Waals surface area contributed by atoms with Crippen LogP contribution in [0.1, 0.15) is 205 Å². The van der Waals surface area contributed by atoms with Gasteiger partial charge in [0.1, 0.15) is 0 Å². The molecule has 0 radical (unpaired) electrons. The predicted molar refractivity (Wildman–Crippen MR) is 169 cm³/mol. The first kappa shape index (κ1) is 36.8. The Morgan fingerprint density at radius 3 is 0.649 bits per heavy atom. The molecule has 0 amide bonds. The van der Waals surface area contributed by atoms with Gasteiger partial charge in [0.05, 0.1) is 0 Å². The summed E-state index contributed by atoms with van der Waals surface area (Å²) in [5.74, 6) is 0.413. The molecule has 0 atom stereocenters. The third-order valence-electron chi connectivity index (χ3n) is 8.05. The first-order valence-corrected chi connectivity index (χ1v) is 17.7. The van der Waals surface area contributed by atoms with Crippen molar-refractivity contribution in [2.24, 2.45) is 0 Å². The molecule has 0 bridgehead atoms. The molecule has 0 aliphatic heterocycles. The molecule has 0 rings (SSSR count). The summed E-state index contributed by atoms with van der Waals surface area (Å²) in [7, 11) is 0. The minimum Gasteiger partial charge on any atom is -0.481 e. The largest absolute Gasteiger partial charge is 0.481 e. The molecule has 0 fully saturated rings. The number of rotatable bonds is 33. The smallest absolute Gasteiger partial charge is 0.303 e. The molecule has 0 saturated heterocycles. The van der Waals surface area contributed by atoms with Gasteiger partial charge in [0, 0.05) is 6.42 Å². The molecule has 3 heteroatoms. The Bertz CT molecular complexity index is 426. The van der Waals surface area contributed by atoms with Crippen molar-refractivity contribution in [3.8, 4) is 0 Å². The highest BCUT2D eigenvalue weighted by Gasteiger charge is 1.98.